The second-order valence-corrected chi connectivity index (χ2v) is 10.2. The summed E-state index contributed by atoms with van der Waals surface area (Å²) in [6, 6.07) is 22.6. The molecule has 38 heavy (non-hydrogen) atoms. The van der Waals surface area contributed by atoms with E-state index in [0.29, 0.717) is 40.5 Å². The van der Waals surface area contributed by atoms with Crippen molar-refractivity contribution in [1.29, 1.82) is 0 Å². The lowest BCUT2D eigenvalue weighted by Gasteiger charge is -2.36. The first-order valence-electron chi connectivity index (χ1n) is 12.2. The molecule has 0 radical (unpaired) electrons. The normalized spacial score (nSPS) is 13.4. The quantitative estimate of drug-likeness (QED) is 0.310. The number of nitrogens with one attached hydrogen (secondary N) is 1. The van der Waals surface area contributed by atoms with E-state index in [1.165, 1.54) is 0 Å². The molecule has 1 N–H and O–H groups in total. The highest BCUT2D eigenvalue weighted by molar-refractivity contribution is 7.99. The molecule has 0 bridgehead atoms. The summed E-state index contributed by atoms with van der Waals surface area (Å²) in [5.74, 6) is 0.335. The maximum absolute atomic E-state index is 12.8. The monoisotopic (exact) mass is 547 g/mol. The molecule has 2 amide bonds. The molecule has 0 unspecified atom stereocenters. The Morgan fingerprint density at radius 3 is 2.37 bits per heavy atom. The second kappa shape index (κ2) is 11.7. The Bertz CT molecular complexity index is 1420. The topological polar surface area (TPSA) is 91.6 Å². The van der Waals surface area contributed by atoms with Crippen LogP contribution in [0.2, 0.25) is 5.02 Å². The maximum Gasteiger partial charge on any atom is 0.277 e. The van der Waals surface area contributed by atoms with Crippen LogP contribution in [0.15, 0.2) is 82.4 Å². The first-order chi connectivity index (χ1) is 18.5. The highest BCUT2D eigenvalue weighted by atomic mass is 35.5. The van der Waals surface area contributed by atoms with E-state index in [9.17, 15) is 9.59 Å². The van der Waals surface area contributed by atoms with Gasteiger partial charge in [0.1, 0.15) is 0 Å². The van der Waals surface area contributed by atoms with Gasteiger partial charge in [-0.25, -0.2) is 0 Å². The molecular formula is C28H26ClN5O3S. The Labute approximate surface area is 230 Å². The molecule has 10 heteroatoms. The van der Waals surface area contributed by atoms with E-state index in [2.05, 4.69) is 20.4 Å². The summed E-state index contributed by atoms with van der Waals surface area (Å²) in [6.45, 7) is 4.84. The number of amides is 2. The molecule has 0 saturated carbocycles. The third-order valence-corrected chi connectivity index (χ3v) is 7.37. The van der Waals surface area contributed by atoms with Crippen molar-refractivity contribution < 1.29 is 14.0 Å². The first-order valence-corrected chi connectivity index (χ1v) is 13.5. The Hall–Kier alpha value is -3.82. The van der Waals surface area contributed by atoms with Crippen LogP contribution in [0.3, 0.4) is 0 Å². The number of hydrogen-bond acceptors (Lipinski definition) is 7. The summed E-state index contributed by atoms with van der Waals surface area (Å²) in [5, 5.41) is 11.7. The van der Waals surface area contributed by atoms with Crippen LogP contribution < -0.4 is 10.2 Å². The average Bonchev–Trinajstić information content (AvgIpc) is 3.42. The van der Waals surface area contributed by atoms with Gasteiger partial charge in [0, 0.05) is 43.1 Å². The van der Waals surface area contributed by atoms with E-state index in [1.807, 2.05) is 72.5 Å². The fraction of sp³-hybridized carbons (Fsp3) is 0.214. The van der Waals surface area contributed by atoms with E-state index in [1.54, 1.807) is 12.1 Å². The molecule has 1 saturated heterocycles. The molecule has 0 aliphatic carbocycles. The van der Waals surface area contributed by atoms with Gasteiger partial charge in [-0.15, -0.1) is 10.2 Å². The minimum absolute atomic E-state index is 0.0706. The number of piperazine rings is 1. The van der Waals surface area contributed by atoms with Gasteiger partial charge in [0.25, 0.3) is 11.1 Å². The van der Waals surface area contributed by atoms with Crippen molar-refractivity contribution in [3.8, 4) is 11.5 Å². The molecule has 0 spiro atoms. The number of carbonyl (C=O) groups is 2. The van der Waals surface area contributed by atoms with Crippen LogP contribution in [0.25, 0.3) is 11.5 Å². The SMILES string of the molecule is Cc1ccc(C(=O)N2CCN(c3ccc(NC(=O)CSc4nnc(-c5ccccc5Cl)o4)cc3)CC2)cc1. The van der Waals surface area contributed by atoms with Crippen molar-refractivity contribution >= 4 is 46.6 Å². The van der Waals surface area contributed by atoms with Crippen molar-refractivity contribution in [2.75, 3.05) is 42.1 Å². The number of rotatable bonds is 7. The van der Waals surface area contributed by atoms with Crippen molar-refractivity contribution in [3.63, 3.8) is 0 Å². The molecule has 4 aromatic rings. The molecular weight excluding hydrogens is 522 g/mol. The fourth-order valence-corrected chi connectivity index (χ4v) is 4.92. The lowest BCUT2D eigenvalue weighted by molar-refractivity contribution is -0.113. The van der Waals surface area contributed by atoms with Gasteiger partial charge in [-0.05, 0) is 55.5 Å². The fourth-order valence-electron chi connectivity index (χ4n) is 4.14. The number of thioether (sulfide) groups is 1. The van der Waals surface area contributed by atoms with Crippen molar-refractivity contribution in [2.45, 2.75) is 12.1 Å². The van der Waals surface area contributed by atoms with Crippen molar-refractivity contribution in [1.82, 2.24) is 15.1 Å². The summed E-state index contributed by atoms with van der Waals surface area (Å²) < 4.78 is 5.63. The Balaban J connectivity index is 1.09. The van der Waals surface area contributed by atoms with Gasteiger partial charge in [0.05, 0.1) is 16.3 Å². The first kappa shape index (κ1) is 25.8. The molecule has 1 aliphatic rings. The predicted octanol–water partition coefficient (Wildman–Crippen LogP) is 5.39. The van der Waals surface area contributed by atoms with Gasteiger partial charge in [0.2, 0.25) is 11.8 Å². The van der Waals surface area contributed by atoms with E-state index in [-0.39, 0.29) is 17.6 Å². The third kappa shape index (κ3) is 6.17. The van der Waals surface area contributed by atoms with Gasteiger partial charge < -0.3 is 19.5 Å². The minimum Gasteiger partial charge on any atom is -0.411 e. The Kier molecular flexibility index (Phi) is 7.95. The van der Waals surface area contributed by atoms with Crippen LogP contribution in [0.5, 0.6) is 0 Å². The lowest BCUT2D eigenvalue weighted by atomic mass is 10.1. The van der Waals surface area contributed by atoms with E-state index in [0.717, 1.165) is 41.7 Å². The number of benzene rings is 3. The van der Waals surface area contributed by atoms with Gasteiger partial charge in [-0.2, -0.15) is 0 Å². The molecule has 3 aromatic carbocycles. The van der Waals surface area contributed by atoms with Gasteiger partial charge in [0.15, 0.2) is 0 Å². The molecule has 1 aromatic heterocycles. The zero-order chi connectivity index (χ0) is 26.5. The summed E-state index contributed by atoms with van der Waals surface area (Å²) in [7, 11) is 0. The van der Waals surface area contributed by atoms with Gasteiger partial charge >= 0.3 is 0 Å². The number of carbonyl (C=O) groups excluding carboxylic acids is 2. The number of anilines is 2. The molecule has 5 rings (SSSR count). The van der Waals surface area contributed by atoms with Crippen molar-refractivity contribution in [2.24, 2.45) is 0 Å². The van der Waals surface area contributed by atoms with Crippen LogP contribution >= 0.6 is 23.4 Å². The number of aryl methyl sites for hydroxylation is 1. The number of halogens is 1. The smallest absolute Gasteiger partial charge is 0.277 e. The molecule has 1 fully saturated rings. The number of nitrogens with zero attached hydrogens (tertiary/aromatic N) is 4. The van der Waals surface area contributed by atoms with Crippen LogP contribution in [0.1, 0.15) is 15.9 Å². The van der Waals surface area contributed by atoms with Crippen molar-refractivity contribution in [3.05, 3.63) is 88.9 Å². The molecule has 194 valence electrons. The highest BCUT2D eigenvalue weighted by Crippen LogP contribution is 2.29. The maximum atomic E-state index is 12.8. The van der Waals surface area contributed by atoms with Crippen LogP contribution in [0, 0.1) is 6.92 Å². The summed E-state index contributed by atoms with van der Waals surface area (Å²) >= 11 is 7.34. The molecule has 0 atom stereocenters. The van der Waals surface area contributed by atoms with E-state index in [4.69, 9.17) is 16.0 Å². The lowest BCUT2D eigenvalue weighted by Crippen LogP contribution is -2.48. The van der Waals surface area contributed by atoms with Crippen LogP contribution in [-0.4, -0.2) is 58.8 Å². The van der Waals surface area contributed by atoms with Crippen LogP contribution in [0.4, 0.5) is 11.4 Å². The summed E-state index contributed by atoms with van der Waals surface area (Å²) in [4.78, 5) is 29.4. The summed E-state index contributed by atoms with van der Waals surface area (Å²) in [5.41, 5.74) is 4.27. The largest absolute Gasteiger partial charge is 0.411 e. The van der Waals surface area contributed by atoms with Gasteiger partial charge in [-0.3, -0.25) is 9.59 Å². The zero-order valence-electron chi connectivity index (χ0n) is 20.8. The summed E-state index contributed by atoms with van der Waals surface area (Å²) in [6.07, 6.45) is 0. The molecule has 2 heterocycles. The predicted molar refractivity (Wildman–Crippen MR) is 150 cm³/mol. The number of hydrogen-bond donors (Lipinski definition) is 1. The number of aromatic nitrogens is 2. The molecule has 8 nitrogen and oxygen atoms in total. The second-order valence-electron chi connectivity index (χ2n) is 8.88. The molecule has 1 aliphatic heterocycles. The van der Waals surface area contributed by atoms with Crippen LogP contribution in [-0.2, 0) is 4.79 Å². The zero-order valence-corrected chi connectivity index (χ0v) is 22.3. The van der Waals surface area contributed by atoms with E-state index >= 15 is 0 Å². The van der Waals surface area contributed by atoms with Gasteiger partial charge in [-0.1, -0.05) is 53.2 Å². The Morgan fingerprint density at radius 2 is 1.66 bits per heavy atom. The Morgan fingerprint density at radius 1 is 0.947 bits per heavy atom. The standard InChI is InChI=1S/C28H26ClN5O3S/c1-19-6-8-20(9-7-19)27(36)34-16-14-33(15-17-34)22-12-10-21(11-13-22)30-25(35)18-38-28-32-31-26(37-28)23-4-2-3-5-24(23)29/h2-13H,14-18H2,1H3,(H,30,35). The minimum atomic E-state index is -0.177. The van der Waals surface area contributed by atoms with E-state index < -0.39 is 0 Å². The average molecular weight is 548 g/mol. The third-order valence-electron chi connectivity index (χ3n) is 6.22. The highest BCUT2D eigenvalue weighted by Gasteiger charge is 2.22.